The van der Waals surface area contributed by atoms with E-state index in [2.05, 4.69) is 4.98 Å². The highest BCUT2D eigenvalue weighted by atomic mass is 35.5. The molecule has 2 aromatic rings. The summed E-state index contributed by atoms with van der Waals surface area (Å²) in [5.74, 6) is 0. The molecular weight excluding hydrogens is 271 g/mol. The van der Waals surface area contributed by atoms with Crippen LogP contribution in [0, 0.1) is 0 Å². The second-order valence-electron chi connectivity index (χ2n) is 5.16. The van der Waals surface area contributed by atoms with Crippen LogP contribution in [0.1, 0.15) is 26.5 Å². The van der Waals surface area contributed by atoms with Gasteiger partial charge in [-0.2, -0.15) is 0 Å². The summed E-state index contributed by atoms with van der Waals surface area (Å²) in [4.78, 5) is 14.7. The minimum absolute atomic E-state index is 0.176. The van der Waals surface area contributed by atoms with Crippen LogP contribution in [-0.2, 0) is 5.41 Å². The van der Waals surface area contributed by atoms with E-state index in [1.165, 1.54) is 0 Å². The van der Waals surface area contributed by atoms with Gasteiger partial charge in [0.1, 0.15) is 0 Å². The summed E-state index contributed by atoms with van der Waals surface area (Å²) < 4.78 is 1.56. The number of rotatable bonds is 1. The van der Waals surface area contributed by atoms with E-state index in [9.17, 15) is 4.79 Å². The predicted octanol–water partition coefficient (Wildman–Crippen LogP) is 3.77. The van der Waals surface area contributed by atoms with Gasteiger partial charge in [0.05, 0.1) is 10.7 Å². The number of hydrogen-bond acceptors (Lipinski definition) is 1. The van der Waals surface area contributed by atoms with Crippen molar-refractivity contribution in [3.05, 3.63) is 50.6 Å². The Hall–Kier alpha value is -1.19. The van der Waals surface area contributed by atoms with Crippen LogP contribution in [0.15, 0.2) is 29.2 Å². The molecule has 0 radical (unpaired) electrons. The topological polar surface area (TPSA) is 37.8 Å². The van der Waals surface area contributed by atoms with E-state index in [0.717, 1.165) is 5.69 Å². The summed E-state index contributed by atoms with van der Waals surface area (Å²) >= 11 is 12.1. The van der Waals surface area contributed by atoms with Crippen LogP contribution in [0.4, 0.5) is 0 Å². The predicted molar refractivity (Wildman–Crippen MR) is 75.1 cm³/mol. The molecule has 3 nitrogen and oxygen atoms in total. The van der Waals surface area contributed by atoms with Gasteiger partial charge in [0.25, 0.3) is 0 Å². The first-order chi connectivity index (χ1) is 8.30. The van der Waals surface area contributed by atoms with Gasteiger partial charge in [-0.15, -0.1) is 0 Å². The van der Waals surface area contributed by atoms with Crippen LogP contribution in [0.25, 0.3) is 5.69 Å². The lowest BCUT2D eigenvalue weighted by Gasteiger charge is -2.20. The number of hydrogen-bond donors (Lipinski definition) is 1. The molecular formula is C13H14Cl2N2O. The number of aromatic nitrogens is 2. The van der Waals surface area contributed by atoms with Gasteiger partial charge in [-0.25, -0.2) is 4.79 Å². The molecule has 1 aromatic carbocycles. The van der Waals surface area contributed by atoms with Crippen LogP contribution >= 0.6 is 23.2 Å². The lowest BCUT2D eigenvalue weighted by atomic mass is 9.92. The molecule has 0 atom stereocenters. The highest BCUT2D eigenvalue weighted by Gasteiger charge is 2.22. The Morgan fingerprint density at radius 2 is 1.89 bits per heavy atom. The normalized spacial score (nSPS) is 11.8. The number of halogens is 2. The third-order valence-corrected chi connectivity index (χ3v) is 3.25. The molecule has 18 heavy (non-hydrogen) atoms. The molecule has 1 heterocycles. The Morgan fingerprint density at radius 3 is 2.50 bits per heavy atom. The lowest BCUT2D eigenvalue weighted by Crippen LogP contribution is -2.23. The molecule has 0 aliphatic rings. The molecule has 0 unspecified atom stereocenters. The molecule has 0 spiro atoms. The van der Waals surface area contributed by atoms with Crippen molar-refractivity contribution >= 4 is 23.2 Å². The van der Waals surface area contributed by atoms with E-state index < -0.39 is 0 Å². The summed E-state index contributed by atoms with van der Waals surface area (Å²) in [7, 11) is 0. The van der Waals surface area contributed by atoms with Gasteiger partial charge in [-0.1, -0.05) is 44.0 Å². The molecule has 0 saturated heterocycles. The molecule has 0 fully saturated rings. The first-order valence-corrected chi connectivity index (χ1v) is 6.32. The van der Waals surface area contributed by atoms with Crippen LogP contribution < -0.4 is 5.69 Å². The van der Waals surface area contributed by atoms with Gasteiger partial charge in [-0.05, 0) is 18.2 Å². The standard InChI is InChI=1S/C13H14Cl2N2O/c1-13(2,3)11-7-16-12(18)17(11)10-6-8(14)4-5-9(10)15/h4-7H,1-3H3,(H,16,18). The van der Waals surface area contributed by atoms with Gasteiger partial charge < -0.3 is 4.98 Å². The first kappa shape index (κ1) is 13.2. The summed E-state index contributed by atoms with van der Waals surface area (Å²) in [5, 5.41) is 1.04. The number of aromatic amines is 1. The Bertz CT molecular complexity index is 635. The minimum atomic E-state index is -0.218. The molecule has 1 N–H and O–H groups in total. The van der Waals surface area contributed by atoms with E-state index in [4.69, 9.17) is 23.2 Å². The van der Waals surface area contributed by atoms with E-state index >= 15 is 0 Å². The highest BCUT2D eigenvalue weighted by Crippen LogP contribution is 2.28. The molecule has 1 aromatic heterocycles. The number of nitrogens with one attached hydrogen (secondary N) is 1. The maximum Gasteiger partial charge on any atom is 0.330 e. The molecule has 96 valence electrons. The van der Waals surface area contributed by atoms with E-state index in [1.54, 1.807) is 29.0 Å². The quantitative estimate of drug-likeness (QED) is 0.851. The number of imidazole rings is 1. The van der Waals surface area contributed by atoms with E-state index in [-0.39, 0.29) is 11.1 Å². The van der Waals surface area contributed by atoms with Gasteiger partial charge in [-0.3, -0.25) is 4.57 Å². The van der Waals surface area contributed by atoms with Gasteiger partial charge >= 0.3 is 5.69 Å². The number of H-pyrrole nitrogens is 1. The van der Waals surface area contributed by atoms with Crippen molar-refractivity contribution in [3.63, 3.8) is 0 Å². The van der Waals surface area contributed by atoms with Gasteiger partial charge in [0.2, 0.25) is 0 Å². The smallest absolute Gasteiger partial charge is 0.312 e. The van der Waals surface area contributed by atoms with Crippen LogP contribution in [0.3, 0.4) is 0 Å². The van der Waals surface area contributed by atoms with E-state index in [0.29, 0.717) is 15.7 Å². The molecule has 0 saturated carbocycles. The second-order valence-corrected chi connectivity index (χ2v) is 6.00. The zero-order valence-corrected chi connectivity index (χ0v) is 11.9. The van der Waals surface area contributed by atoms with Crippen molar-refractivity contribution in [2.45, 2.75) is 26.2 Å². The number of benzene rings is 1. The zero-order chi connectivity index (χ0) is 13.5. The lowest BCUT2D eigenvalue weighted by molar-refractivity contribution is 0.554. The Kier molecular flexibility index (Phi) is 3.30. The van der Waals surface area contributed by atoms with Crippen molar-refractivity contribution in [1.82, 2.24) is 9.55 Å². The van der Waals surface area contributed by atoms with Crippen molar-refractivity contribution in [2.75, 3.05) is 0 Å². The fourth-order valence-electron chi connectivity index (χ4n) is 1.82. The Balaban J connectivity index is 2.75. The average Bonchev–Trinajstić information content (AvgIpc) is 2.63. The summed E-state index contributed by atoms with van der Waals surface area (Å²) in [6.45, 7) is 6.10. The van der Waals surface area contributed by atoms with Crippen LogP contribution in [-0.4, -0.2) is 9.55 Å². The van der Waals surface area contributed by atoms with Crippen molar-refractivity contribution < 1.29 is 0 Å². The molecule has 0 aliphatic heterocycles. The summed E-state index contributed by atoms with van der Waals surface area (Å²) in [6.07, 6.45) is 1.71. The molecule has 2 rings (SSSR count). The minimum Gasteiger partial charge on any atom is -0.312 e. The first-order valence-electron chi connectivity index (χ1n) is 5.57. The largest absolute Gasteiger partial charge is 0.330 e. The Morgan fingerprint density at radius 1 is 1.22 bits per heavy atom. The average molecular weight is 285 g/mol. The third-order valence-electron chi connectivity index (χ3n) is 2.69. The molecule has 0 aliphatic carbocycles. The molecule has 0 amide bonds. The van der Waals surface area contributed by atoms with Crippen LogP contribution in [0.5, 0.6) is 0 Å². The van der Waals surface area contributed by atoms with Crippen molar-refractivity contribution in [3.8, 4) is 5.69 Å². The Labute approximate surface area is 115 Å². The van der Waals surface area contributed by atoms with Crippen molar-refractivity contribution in [2.24, 2.45) is 0 Å². The third kappa shape index (κ3) is 2.33. The van der Waals surface area contributed by atoms with Gasteiger partial charge in [0, 0.05) is 22.3 Å². The van der Waals surface area contributed by atoms with Crippen molar-refractivity contribution in [1.29, 1.82) is 0 Å². The maximum atomic E-state index is 12.0. The fourth-order valence-corrected chi connectivity index (χ4v) is 2.19. The second kappa shape index (κ2) is 4.48. The fraction of sp³-hybridized carbons (Fsp3) is 0.308. The monoisotopic (exact) mass is 284 g/mol. The van der Waals surface area contributed by atoms with E-state index in [1.807, 2.05) is 20.8 Å². The maximum absolute atomic E-state index is 12.0. The SMILES string of the molecule is CC(C)(C)c1c[nH]c(=O)n1-c1cc(Cl)ccc1Cl. The number of nitrogens with zero attached hydrogens (tertiary/aromatic N) is 1. The molecule has 0 bridgehead atoms. The summed E-state index contributed by atoms with van der Waals surface area (Å²) in [6, 6.07) is 5.07. The molecule has 5 heteroatoms. The highest BCUT2D eigenvalue weighted by molar-refractivity contribution is 6.34. The zero-order valence-electron chi connectivity index (χ0n) is 10.4. The van der Waals surface area contributed by atoms with Crippen LogP contribution in [0.2, 0.25) is 10.0 Å². The summed E-state index contributed by atoms with van der Waals surface area (Å²) in [5.41, 5.74) is 1.06. The van der Waals surface area contributed by atoms with Gasteiger partial charge in [0.15, 0.2) is 0 Å².